The molecule has 9 heteroatoms. The SMILES string of the molecule is Nc1ncnc2c1ncn2OC[PH](=O)O. The Hall–Kier alpha value is -1.66. The van der Waals surface area contributed by atoms with Gasteiger partial charge in [-0.2, -0.15) is 4.73 Å². The second-order valence-corrected chi connectivity index (χ2v) is 3.74. The monoisotopic (exact) mass is 229 g/mol. The molecule has 0 bridgehead atoms. The lowest BCUT2D eigenvalue weighted by Crippen LogP contribution is -2.10. The molecule has 3 N–H and O–H groups in total. The summed E-state index contributed by atoms with van der Waals surface area (Å²) in [6.07, 6.45) is 2.29. The highest BCUT2D eigenvalue weighted by Gasteiger charge is 2.08. The molecular formula is C6H8N5O3P. The quantitative estimate of drug-likeness (QED) is 0.665. The van der Waals surface area contributed by atoms with Gasteiger partial charge in [0, 0.05) is 0 Å². The van der Waals surface area contributed by atoms with Gasteiger partial charge in [0.25, 0.3) is 0 Å². The van der Waals surface area contributed by atoms with E-state index >= 15 is 0 Å². The number of rotatable bonds is 3. The van der Waals surface area contributed by atoms with Gasteiger partial charge in [-0.25, -0.2) is 15.0 Å². The molecule has 8 nitrogen and oxygen atoms in total. The Morgan fingerprint density at radius 2 is 2.33 bits per heavy atom. The number of nitrogen functional groups attached to an aromatic ring is 1. The molecule has 0 aromatic carbocycles. The highest BCUT2D eigenvalue weighted by atomic mass is 31.1. The standard InChI is InChI=1S/C6H8N5O3P/c7-5-4-6(9-1-8-5)11(2-10-4)14-3-15(12)13/h1-2,15H,3H2,(H,12,13)(H2,7,8,9). The van der Waals surface area contributed by atoms with Gasteiger partial charge >= 0.3 is 0 Å². The molecule has 0 saturated heterocycles. The number of nitrogens with two attached hydrogens (primary N) is 1. The van der Waals surface area contributed by atoms with Crippen LogP contribution in [0.2, 0.25) is 0 Å². The Morgan fingerprint density at radius 3 is 3.07 bits per heavy atom. The van der Waals surface area contributed by atoms with Gasteiger partial charge in [0.05, 0.1) is 0 Å². The van der Waals surface area contributed by atoms with Crippen LogP contribution in [0.25, 0.3) is 11.2 Å². The van der Waals surface area contributed by atoms with Crippen molar-refractivity contribution in [3.8, 4) is 0 Å². The van der Waals surface area contributed by atoms with E-state index in [1.807, 2.05) is 0 Å². The van der Waals surface area contributed by atoms with Gasteiger partial charge in [-0.05, 0) is 0 Å². The molecule has 2 aromatic rings. The number of aromatic nitrogens is 4. The Kier molecular flexibility index (Phi) is 2.53. The van der Waals surface area contributed by atoms with Crippen molar-refractivity contribution in [3.05, 3.63) is 12.7 Å². The maximum atomic E-state index is 10.5. The van der Waals surface area contributed by atoms with E-state index in [0.717, 1.165) is 0 Å². The molecule has 2 aromatic heterocycles. The van der Waals surface area contributed by atoms with Gasteiger partial charge in [-0.15, -0.1) is 0 Å². The van der Waals surface area contributed by atoms with Crippen molar-refractivity contribution in [2.45, 2.75) is 0 Å². The van der Waals surface area contributed by atoms with Gasteiger partial charge in [0.15, 0.2) is 17.7 Å². The van der Waals surface area contributed by atoms with Crippen LogP contribution in [-0.4, -0.2) is 30.9 Å². The minimum absolute atomic E-state index is 0.235. The summed E-state index contributed by atoms with van der Waals surface area (Å²) >= 11 is 0. The molecule has 1 unspecified atom stereocenters. The van der Waals surface area contributed by atoms with Gasteiger partial charge in [0.1, 0.15) is 12.7 Å². The van der Waals surface area contributed by atoms with Crippen LogP contribution in [0.3, 0.4) is 0 Å². The third-order valence-electron chi connectivity index (χ3n) is 1.66. The Labute approximate surface area is 84.5 Å². The van der Waals surface area contributed by atoms with Crippen LogP contribution in [0.4, 0.5) is 5.82 Å². The van der Waals surface area contributed by atoms with E-state index in [1.165, 1.54) is 17.4 Å². The van der Waals surface area contributed by atoms with E-state index in [-0.39, 0.29) is 12.2 Å². The van der Waals surface area contributed by atoms with Crippen LogP contribution in [0.15, 0.2) is 12.7 Å². The van der Waals surface area contributed by atoms with Crippen molar-refractivity contribution in [1.29, 1.82) is 0 Å². The Bertz CT molecular complexity index is 512. The fourth-order valence-corrected chi connectivity index (χ4v) is 1.30. The molecule has 2 heterocycles. The molecule has 15 heavy (non-hydrogen) atoms. The van der Waals surface area contributed by atoms with Crippen molar-refractivity contribution < 1.29 is 14.3 Å². The molecule has 0 fully saturated rings. The molecule has 0 aliphatic carbocycles. The maximum absolute atomic E-state index is 10.5. The summed E-state index contributed by atoms with van der Waals surface area (Å²) < 4.78 is 11.7. The number of hydrogen-bond donors (Lipinski definition) is 2. The number of fused-ring (bicyclic) bond motifs is 1. The lowest BCUT2D eigenvalue weighted by atomic mass is 10.5. The largest absolute Gasteiger partial charge is 0.401 e. The molecule has 0 saturated carbocycles. The summed E-state index contributed by atoms with van der Waals surface area (Å²) in [6.45, 7) is 0. The zero-order valence-electron chi connectivity index (χ0n) is 7.49. The lowest BCUT2D eigenvalue weighted by Gasteiger charge is -2.03. The van der Waals surface area contributed by atoms with Crippen molar-refractivity contribution in [2.75, 3.05) is 12.1 Å². The van der Waals surface area contributed by atoms with E-state index in [2.05, 4.69) is 15.0 Å². The molecule has 0 spiro atoms. The molecule has 0 aliphatic heterocycles. The van der Waals surface area contributed by atoms with Crippen LogP contribution < -0.4 is 10.6 Å². The van der Waals surface area contributed by atoms with Crippen LogP contribution in [0.1, 0.15) is 0 Å². The smallest absolute Gasteiger partial charge is 0.228 e. The maximum Gasteiger partial charge on any atom is 0.228 e. The fourth-order valence-electron chi connectivity index (χ4n) is 1.05. The number of hydrogen-bond acceptors (Lipinski definition) is 6. The summed E-state index contributed by atoms with van der Waals surface area (Å²) in [7, 11) is -2.68. The average Bonchev–Trinajstić information content (AvgIpc) is 2.59. The van der Waals surface area contributed by atoms with Crippen molar-refractivity contribution in [1.82, 2.24) is 19.7 Å². The van der Waals surface area contributed by atoms with Crippen LogP contribution in [-0.2, 0) is 4.57 Å². The highest BCUT2D eigenvalue weighted by molar-refractivity contribution is 7.37. The van der Waals surface area contributed by atoms with Crippen molar-refractivity contribution in [2.24, 2.45) is 0 Å². The molecule has 0 aliphatic rings. The molecule has 0 radical (unpaired) electrons. The molecule has 80 valence electrons. The second-order valence-electron chi connectivity index (χ2n) is 2.67. The van der Waals surface area contributed by atoms with Crippen molar-refractivity contribution in [3.63, 3.8) is 0 Å². The third-order valence-corrected chi connectivity index (χ3v) is 2.03. The molecule has 0 amide bonds. The molecule has 1 atom stereocenters. The third kappa shape index (κ3) is 1.90. The highest BCUT2D eigenvalue weighted by Crippen LogP contribution is 2.15. The minimum atomic E-state index is -2.68. The average molecular weight is 229 g/mol. The van der Waals surface area contributed by atoms with E-state index < -0.39 is 8.03 Å². The number of nitrogens with zero attached hydrogens (tertiary/aromatic N) is 4. The fraction of sp³-hybridized carbons (Fsp3) is 0.167. The van der Waals surface area contributed by atoms with E-state index in [4.69, 9.17) is 15.5 Å². The van der Waals surface area contributed by atoms with Gasteiger partial charge in [0.2, 0.25) is 13.7 Å². The first kappa shape index (κ1) is 9.88. The van der Waals surface area contributed by atoms with Gasteiger partial charge in [-0.1, -0.05) is 0 Å². The summed E-state index contributed by atoms with van der Waals surface area (Å²) in [5.74, 6) is 0.235. The number of anilines is 1. The summed E-state index contributed by atoms with van der Waals surface area (Å²) in [5.41, 5.74) is 6.30. The van der Waals surface area contributed by atoms with E-state index in [1.54, 1.807) is 0 Å². The predicted octanol–water partition coefficient (Wildman–Crippen LogP) is -0.738. The Balaban J connectivity index is 2.37. The zero-order chi connectivity index (χ0) is 10.8. The van der Waals surface area contributed by atoms with Crippen LogP contribution >= 0.6 is 8.03 Å². The van der Waals surface area contributed by atoms with E-state index in [9.17, 15) is 4.57 Å². The van der Waals surface area contributed by atoms with Gasteiger partial charge in [-0.3, -0.25) is 4.57 Å². The molecule has 2 rings (SSSR count). The zero-order valence-corrected chi connectivity index (χ0v) is 8.49. The minimum Gasteiger partial charge on any atom is -0.401 e. The van der Waals surface area contributed by atoms with Crippen LogP contribution in [0.5, 0.6) is 0 Å². The topological polar surface area (TPSA) is 116 Å². The normalized spacial score (nSPS) is 12.9. The summed E-state index contributed by atoms with van der Waals surface area (Å²) in [6, 6.07) is 0. The van der Waals surface area contributed by atoms with Gasteiger partial charge < -0.3 is 15.5 Å². The number of imidazole rings is 1. The first-order valence-corrected chi connectivity index (χ1v) is 5.53. The lowest BCUT2D eigenvalue weighted by molar-refractivity contribution is 0.152. The predicted molar refractivity (Wildman–Crippen MR) is 52.4 cm³/mol. The first-order valence-electron chi connectivity index (χ1n) is 3.97. The second kappa shape index (κ2) is 3.84. The van der Waals surface area contributed by atoms with Crippen molar-refractivity contribution >= 4 is 25.0 Å². The summed E-state index contributed by atoms with van der Waals surface area (Å²) in [4.78, 5) is 25.1. The summed E-state index contributed by atoms with van der Waals surface area (Å²) in [5, 5.41) is 0. The first-order chi connectivity index (χ1) is 7.18. The molecular weight excluding hydrogens is 221 g/mol. The van der Waals surface area contributed by atoms with Crippen LogP contribution in [0, 0.1) is 0 Å². The van der Waals surface area contributed by atoms with E-state index in [0.29, 0.717) is 11.2 Å². The Morgan fingerprint density at radius 1 is 1.53 bits per heavy atom.